The number of unbranched alkanes of at least 4 members (excludes halogenated alkanes) is 2. The monoisotopic (exact) mass is 289 g/mol. The minimum absolute atomic E-state index is 0.317. The largest absolute Gasteiger partial charge is 0.444 e. The van der Waals surface area contributed by atoms with Crippen LogP contribution in [0.25, 0.3) is 0 Å². The lowest BCUT2D eigenvalue weighted by molar-refractivity contribution is 0.0527. The Labute approximate surface area is 118 Å². The molecule has 1 N–H and O–H groups in total. The molecule has 1 amide bonds. The van der Waals surface area contributed by atoms with E-state index in [1.54, 1.807) is 0 Å². The van der Waals surface area contributed by atoms with Crippen molar-refractivity contribution >= 4 is 29.6 Å². The van der Waals surface area contributed by atoms with E-state index in [-0.39, 0.29) is 6.09 Å². The van der Waals surface area contributed by atoms with Crippen LogP contribution in [-0.2, 0) is 4.74 Å². The van der Waals surface area contributed by atoms with E-state index >= 15 is 0 Å². The molecule has 0 saturated carbocycles. The van der Waals surface area contributed by atoms with Crippen molar-refractivity contribution in [2.75, 3.05) is 18.1 Å². The fourth-order valence-electron chi connectivity index (χ4n) is 1.44. The van der Waals surface area contributed by atoms with Gasteiger partial charge in [-0.25, -0.2) is 4.79 Å². The van der Waals surface area contributed by atoms with Crippen LogP contribution in [-0.4, -0.2) is 29.7 Å². The van der Waals surface area contributed by atoms with Gasteiger partial charge in [0.05, 0.1) is 0 Å². The van der Waals surface area contributed by atoms with Crippen LogP contribution in [0.2, 0.25) is 0 Å². The number of alkyl carbamates (subject to hydrolysis) is 1. The Morgan fingerprint density at radius 3 is 2.61 bits per heavy atom. The predicted octanol–water partition coefficient (Wildman–Crippen LogP) is 4.00. The molecule has 1 aliphatic rings. The summed E-state index contributed by atoms with van der Waals surface area (Å²) in [5.74, 6) is 2.49. The number of rotatable bonds is 5. The summed E-state index contributed by atoms with van der Waals surface area (Å²) in [6.45, 7) is 6.31. The molecule has 0 atom stereocenters. The number of carbonyl (C=O) groups is 1. The third-order valence-electron chi connectivity index (χ3n) is 2.18. The number of hydrogen-bond acceptors (Lipinski definition) is 4. The third kappa shape index (κ3) is 7.93. The van der Waals surface area contributed by atoms with E-state index in [2.05, 4.69) is 11.4 Å². The van der Waals surface area contributed by atoms with Crippen LogP contribution in [0.5, 0.6) is 0 Å². The van der Waals surface area contributed by atoms with Gasteiger partial charge in [0.25, 0.3) is 0 Å². The molecule has 1 fully saturated rings. The molecule has 1 rings (SSSR count). The normalized spacial score (nSPS) is 15.6. The van der Waals surface area contributed by atoms with Gasteiger partial charge in [-0.15, -0.1) is 23.5 Å². The average molecular weight is 289 g/mol. The Kier molecular flexibility index (Phi) is 7.00. The van der Waals surface area contributed by atoms with Gasteiger partial charge in [0.1, 0.15) is 5.60 Å². The van der Waals surface area contributed by atoms with Gasteiger partial charge >= 0.3 is 6.09 Å². The van der Waals surface area contributed by atoms with Crippen molar-refractivity contribution in [3.05, 3.63) is 10.3 Å². The van der Waals surface area contributed by atoms with Gasteiger partial charge in [-0.05, 0) is 40.0 Å². The summed E-state index contributed by atoms with van der Waals surface area (Å²) in [4.78, 5) is 11.3. The van der Waals surface area contributed by atoms with Crippen molar-refractivity contribution in [2.24, 2.45) is 0 Å². The lowest BCUT2D eigenvalue weighted by atomic mass is 10.2. The number of carbonyl (C=O) groups excluding carboxylic acids is 1. The predicted molar refractivity (Wildman–Crippen MR) is 81.1 cm³/mol. The Bertz CT molecular complexity index is 290. The number of hydrogen-bond donors (Lipinski definition) is 1. The first kappa shape index (κ1) is 15.8. The number of allylic oxidation sites excluding steroid dienone is 1. The first-order valence-corrected chi connectivity index (χ1v) is 8.37. The van der Waals surface area contributed by atoms with Crippen molar-refractivity contribution in [3.63, 3.8) is 0 Å². The Morgan fingerprint density at radius 2 is 2.00 bits per heavy atom. The van der Waals surface area contributed by atoms with Crippen LogP contribution < -0.4 is 5.32 Å². The van der Waals surface area contributed by atoms with Crippen LogP contribution in [0.4, 0.5) is 4.79 Å². The topological polar surface area (TPSA) is 38.3 Å². The second-order valence-electron chi connectivity index (χ2n) is 5.14. The number of nitrogens with one attached hydrogen (secondary N) is 1. The van der Waals surface area contributed by atoms with Gasteiger partial charge in [-0.3, -0.25) is 0 Å². The lowest BCUT2D eigenvalue weighted by Crippen LogP contribution is -2.32. The highest BCUT2D eigenvalue weighted by atomic mass is 32.2. The molecule has 1 aliphatic heterocycles. The highest BCUT2D eigenvalue weighted by Gasteiger charge is 2.15. The number of ether oxygens (including phenoxy) is 1. The lowest BCUT2D eigenvalue weighted by Gasteiger charge is -2.19. The van der Waals surface area contributed by atoms with E-state index in [4.69, 9.17) is 4.74 Å². The number of amides is 1. The highest BCUT2D eigenvalue weighted by molar-refractivity contribution is 8.25. The molecule has 0 aromatic heterocycles. The summed E-state index contributed by atoms with van der Waals surface area (Å²) in [7, 11) is 0. The van der Waals surface area contributed by atoms with Crippen molar-refractivity contribution in [2.45, 2.75) is 45.6 Å². The maximum absolute atomic E-state index is 11.3. The maximum Gasteiger partial charge on any atom is 0.407 e. The van der Waals surface area contributed by atoms with Gasteiger partial charge in [-0.2, -0.15) is 0 Å². The molecule has 0 bridgehead atoms. The fourth-order valence-corrected chi connectivity index (χ4v) is 3.81. The van der Waals surface area contributed by atoms with Crippen molar-refractivity contribution in [3.8, 4) is 0 Å². The smallest absolute Gasteiger partial charge is 0.407 e. The van der Waals surface area contributed by atoms with Crippen molar-refractivity contribution < 1.29 is 9.53 Å². The highest BCUT2D eigenvalue weighted by Crippen LogP contribution is 2.36. The molecule has 0 aliphatic carbocycles. The van der Waals surface area contributed by atoms with Gasteiger partial charge in [-0.1, -0.05) is 6.08 Å². The molecule has 0 aromatic rings. The summed E-state index contributed by atoms with van der Waals surface area (Å²) in [5.41, 5.74) is -0.411. The molecule has 0 spiro atoms. The van der Waals surface area contributed by atoms with Crippen molar-refractivity contribution in [1.82, 2.24) is 5.32 Å². The standard InChI is InChI=1S/C13H23NO2S2/c1-13(2,3)16-12(15)14-8-6-4-5-7-11-17-9-10-18-11/h7H,4-6,8-10H2,1-3H3,(H,14,15). The van der Waals surface area contributed by atoms with Gasteiger partial charge in [0, 0.05) is 22.3 Å². The third-order valence-corrected chi connectivity index (χ3v) is 4.87. The van der Waals surface area contributed by atoms with Crippen LogP contribution in [0.1, 0.15) is 40.0 Å². The molecular weight excluding hydrogens is 266 g/mol. The van der Waals surface area contributed by atoms with Gasteiger partial charge in [0.15, 0.2) is 0 Å². The maximum atomic E-state index is 11.3. The summed E-state index contributed by atoms with van der Waals surface area (Å²) < 4.78 is 6.62. The summed E-state index contributed by atoms with van der Waals surface area (Å²) in [6, 6.07) is 0. The van der Waals surface area contributed by atoms with Gasteiger partial charge < -0.3 is 10.1 Å². The van der Waals surface area contributed by atoms with E-state index in [1.807, 2.05) is 44.3 Å². The minimum Gasteiger partial charge on any atom is -0.444 e. The molecule has 104 valence electrons. The molecule has 5 heteroatoms. The first-order valence-electron chi connectivity index (χ1n) is 6.40. The molecule has 0 unspecified atom stereocenters. The van der Waals surface area contributed by atoms with E-state index in [0.717, 1.165) is 19.3 Å². The average Bonchev–Trinajstić information content (AvgIpc) is 2.73. The molecule has 1 saturated heterocycles. The van der Waals surface area contributed by atoms with Crippen LogP contribution >= 0.6 is 23.5 Å². The van der Waals surface area contributed by atoms with E-state index in [1.165, 1.54) is 15.7 Å². The Morgan fingerprint density at radius 1 is 1.33 bits per heavy atom. The molecule has 3 nitrogen and oxygen atoms in total. The zero-order chi connectivity index (χ0) is 13.4. The molecular formula is C13H23NO2S2. The van der Waals surface area contributed by atoms with Crippen molar-refractivity contribution in [1.29, 1.82) is 0 Å². The van der Waals surface area contributed by atoms with Crippen LogP contribution in [0.3, 0.4) is 0 Å². The van der Waals surface area contributed by atoms with Crippen LogP contribution in [0.15, 0.2) is 10.3 Å². The molecule has 18 heavy (non-hydrogen) atoms. The zero-order valence-electron chi connectivity index (χ0n) is 11.5. The van der Waals surface area contributed by atoms with Crippen LogP contribution in [0, 0.1) is 0 Å². The number of thioether (sulfide) groups is 2. The fraction of sp³-hybridized carbons (Fsp3) is 0.769. The summed E-state index contributed by atoms with van der Waals surface area (Å²) >= 11 is 3.90. The summed E-state index contributed by atoms with van der Waals surface area (Å²) in [6.07, 6.45) is 5.21. The second-order valence-corrected chi connectivity index (χ2v) is 7.68. The van der Waals surface area contributed by atoms with E-state index in [9.17, 15) is 4.79 Å². The zero-order valence-corrected chi connectivity index (χ0v) is 13.1. The molecule has 1 heterocycles. The first-order chi connectivity index (χ1) is 8.47. The quantitative estimate of drug-likeness (QED) is 0.776. The minimum atomic E-state index is -0.411. The SMILES string of the molecule is CC(C)(C)OC(=O)NCCCCC=C1SCCS1. The second kappa shape index (κ2) is 8.00. The Hall–Kier alpha value is -0.290. The van der Waals surface area contributed by atoms with E-state index in [0.29, 0.717) is 6.54 Å². The van der Waals surface area contributed by atoms with E-state index < -0.39 is 5.60 Å². The Balaban J connectivity index is 1.98. The molecule has 0 aromatic carbocycles. The van der Waals surface area contributed by atoms with Gasteiger partial charge in [0.2, 0.25) is 0 Å². The molecule has 0 radical (unpaired) electrons. The summed E-state index contributed by atoms with van der Waals surface area (Å²) in [5, 5.41) is 2.78.